The molecule has 1 heterocycles. The first kappa shape index (κ1) is 11.8. The predicted octanol–water partition coefficient (Wildman–Crippen LogP) is 2.61. The van der Waals surface area contributed by atoms with Crippen molar-refractivity contribution in [3.8, 4) is 0 Å². The molecule has 4 nitrogen and oxygen atoms in total. The SMILES string of the molecule is CCC1CCCC(OCc2nnsc2N)C1. The van der Waals surface area contributed by atoms with Crippen molar-refractivity contribution < 1.29 is 4.74 Å². The summed E-state index contributed by atoms with van der Waals surface area (Å²) in [6, 6.07) is 0. The predicted molar refractivity (Wildman–Crippen MR) is 65.1 cm³/mol. The monoisotopic (exact) mass is 241 g/mol. The van der Waals surface area contributed by atoms with Gasteiger partial charge < -0.3 is 10.5 Å². The van der Waals surface area contributed by atoms with Crippen molar-refractivity contribution in [2.24, 2.45) is 5.92 Å². The van der Waals surface area contributed by atoms with Crippen molar-refractivity contribution in [3.63, 3.8) is 0 Å². The largest absolute Gasteiger partial charge is 0.388 e. The highest BCUT2D eigenvalue weighted by atomic mass is 32.1. The molecular weight excluding hydrogens is 222 g/mol. The normalized spacial score (nSPS) is 25.8. The minimum Gasteiger partial charge on any atom is -0.388 e. The summed E-state index contributed by atoms with van der Waals surface area (Å²) in [7, 11) is 0. The van der Waals surface area contributed by atoms with Gasteiger partial charge in [0, 0.05) is 11.5 Å². The molecule has 0 aromatic carbocycles. The molecule has 1 aromatic rings. The van der Waals surface area contributed by atoms with E-state index in [1.54, 1.807) is 0 Å². The number of anilines is 1. The number of ether oxygens (including phenoxy) is 1. The minimum absolute atomic E-state index is 0.389. The van der Waals surface area contributed by atoms with Gasteiger partial charge in [0.25, 0.3) is 0 Å². The maximum Gasteiger partial charge on any atom is 0.133 e. The van der Waals surface area contributed by atoms with Gasteiger partial charge in [-0.25, -0.2) is 0 Å². The van der Waals surface area contributed by atoms with Gasteiger partial charge in [0.1, 0.15) is 10.7 Å². The lowest BCUT2D eigenvalue weighted by molar-refractivity contribution is 0.000591. The smallest absolute Gasteiger partial charge is 0.133 e. The average molecular weight is 241 g/mol. The van der Waals surface area contributed by atoms with Crippen LogP contribution in [0.1, 0.15) is 44.7 Å². The highest BCUT2D eigenvalue weighted by molar-refractivity contribution is 7.09. The number of hydrogen-bond acceptors (Lipinski definition) is 5. The highest BCUT2D eigenvalue weighted by Gasteiger charge is 2.21. The molecule has 0 amide bonds. The van der Waals surface area contributed by atoms with Gasteiger partial charge >= 0.3 is 0 Å². The van der Waals surface area contributed by atoms with Crippen molar-refractivity contribution in [2.45, 2.75) is 51.7 Å². The number of aromatic nitrogens is 2. The van der Waals surface area contributed by atoms with Crippen LogP contribution in [-0.2, 0) is 11.3 Å². The molecule has 0 spiro atoms. The fourth-order valence-electron chi connectivity index (χ4n) is 2.28. The molecule has 2 rings (SSSR count). The highest BCUT2D eigenvalue weighted by Crippen LogP contribution is 2.29. The molecule has 2 N–H and O–H groups in total. The van der Waals surface area contributed by atoms with Crippen LogP contribution in [0.25, 0.3) is 0 Å². The second-order valence-corrected chi connectivity index (χ2v) is 5.24. The molecule has 1 aliphatic carbocycles. The fraction of sp³-hybridized carbons (Fsp3) is 0.818. The molecule has 1 saturated carbocycles. The van der Waals surface area contributed by atoms with E-state index in [0.717, 1.165) is 11.6 Å². The Balaban J connectivity index is 1.79. The first-order chi connectivity index (χ1) is 7.79. The summed E-state index contributed by atoms with van der Waals surface area (Å²) >= 11 is 1.23. The summed E-state index contributed by atoms with van der Waals surface area (Å²) in [5, 5.41) is 4.64. The summed E-state index contributed by atoms with van der Waals surface area (Å²) in [5.74, 6) is 0.838. The lowest BCUT2D eigenvalue weighted by Gasteiger charge is -2.28. The Labute approximate surface area is 100 Å². The lowest BCUT2D eigenvalue weighted by Crippen LogP contribution is -2.22. The molecule has 90 valence electrons. The molecule has 0 aliphatic heterocycles. The summed E-state index contributed by atoms with van der Waals surface area (Å²) < 4.78 is 9.67. The summed E-state index contributed by atoms with van der Waals surface area (Å²) in [5.41, 5.74) is 6.52. The molecule has 2 unspecified atom stereocenters. The Morgan fingerprint density at radius 1 is 1.50 bits per heavy atom. The van der Waals surface area contributed by atoms with E-state index in [-0.39, 0.29) is 0 Å². The first-order valence-electron chi connectivity index (χ1n) is 5.98. The van der Waals surface area contributed by atoms with Crippen LogP contribution in [0.4, 0.5) is 5.00 Å². The Kier molecular flexibility index (Phi) is 4.12. The Morgan fingerprint density at radius 3 is 3.06 bits per heavy atom. The summed E-state index contributed by atoms with van der Waals surface area (Å²) in [6.45, 7) is 2.78. The van der Waals surface area contributed by atoms with Gasteiger partial charge in [-0.3, -0.25) is 0 Å². The van der Waals surface area contributed by atoms with Crippen molar-refractivity contribution in [2.75, 3.05) is 5.73 Å². The van der Waals surface area contributed by atoms with Crippen LogP contribution in [0.3, 0.4) is 0 Å². The third-order valence-electron chi connectivity index (χ3n) is 3.35. The van der Waals surface area contributed by atoms with E-state index in [4.69, 9.17) is 10.5 Å². The minimum atomic E-state index is 0.389. The van der Waals surface area contributed by atoms with Crippen LogP contribution < -0.4 is 5.73 Å². The van der Waals surface area contributed by atoms with Gasteiger partial charge in [0.15, 0.2) is 0 Å². The van der Waals surface area contributed by atoms with Crippen molar-refractivity contribution in [1.29, 1.82) is 0 Å². The van der Waals surface area contributed by atoms with Gasteiger partial charge in [-0.15, -0.1) is 5.10 Å². The molecule has 2 atom stereocenters. The molecule has 1 fully saturated rings. The number of rotatable bonds is 4. The van der Waals surface area contributed by atoms with E-state index in [0.29, 0.717) is 17.7 Å². The first-order valence-corrected chi connectivity index (χ1v) is 6.75. The number of nitrogens with two attached hydrogens (primary N) is 1. The lowest BCUT2D eigenvalue weighted by atomic mass is 9.85. The third kappa shape index (κ3) is 2.92. The molecular formula is C11H19N3OS. The van der Waals surface area contributed by atoms with Crippen molar-refractivity contribution >= 4 is 16.5 Å². The number of hydrogen-bond donors (Lipinski definition) is 1. The second kappa shape index (κ2) is 5.59. The second-order valence-electron chi connectivity index (χ2n) is 4.46. The Morgan fingerprint density at radius 2 is 2.38 bits per heavy atom. The van der Waals surface area contributed by atoms with Gasteiger partial charge in [-0.05, 0) is 18.8 Å². The maximum absolute atomic E-state index is 5.86. The molecule has 0 saturated heterocycles. The van der Waals surface area contributed by atoms with Crippen molar-refractivity contribution in [3.05, 3.63) is 5.69 Å². The fourth-order valence-corrected chi connectivity index (χ4v) is 2.71. The zero-order valence-corrected chi connectivity index (χ0v) is 10.5. The van der Waals surface area contributed by atoms with Gasteiger partial charge in [-0.1, -0.05) is 30.7 Å². The van der Waals surface area contributed by atoms with Gasteiger partial charge in [0.2, 0.25) is 0 Å². The van der Waals surface area contributed by atoms with Crippen LogP contribution in [0.15, 0.2) is 0 Å². The third-order valence-corrected chi connectivity index (χ3v) is 3.95. The van der Waals surface area contributed by atoms with Crippen LogP contribution in [-0.4, -0.2) is 15.7 Å². The maximum atomic E-state index is 5.86. The molecule has 1 aliphatic rings. The standard InChI is InChI=1S/C11H19N3OS/c1-2-8-4-3-5-9(6-8)15-7-10-11(12)16-14-13-10/h8-9H,2-7,12H2,1H3. The van der Waals surface area contributed by atoms with E-state index in [2.05, 4.69) is 16.5 Å². The molecule has 5 heteroatoms. The van der Waals surface area contributed by atoms with E-state index >= 15 is 0 Å². The van der Waals surface area contributed by atoms with Crippen LogP contribution in [0, 0.1) is 5.92 Å². The Hall–Kier alpha value is -0.680. The van der Waals surface area contributed by atoms with Crippen LogP contribution in [0.2, 0.25) is 0 Å². The van der Waals surface area contributed by atoms with Gasteiger partial charge in [-0.2, -0.15) is 0 Å². The van der Waals surface area contributed by atoms with E-state index < -0.39 is 0 Å². The average Bonchev–Trinajstić information content (AvgIpc) is 2.72. The zero-order chi connectivity index (χ0) is 11.4. The van der Waals surface area contributed by atoms with Gasteiger partial charge in [0.05, 0.1) is 12.7 Å². The van der Waals surface area contributed by atoms with E-state index in [9.17, 15) is 0 Å². The molecule has 0 radical (unpaired) electrons. The molecule has 16 heavy (non-hydrogen) atoms. The zero-order valence-electron chi connectivity index (χ0n) is 9.69. The number of nitrogens with zero attached hydrogens (tertiary/aromatic N) is 2. The number of nitrogen functional groups attached to an aromatic ring is 1. The van der Waals surface area contributed by atoms with Crippen LogP contribution >= 0.6 is 11.5 Å². The van der Waals surface area contributed by atoms with E-state index in [1.165, 1.54) is 43.6 Å². The quantitative estimate of drug-likeness (QED) is 0.880. The topological polar surface area (TPSA) is 61.0 Å². The Bertz CT molecular complexity index is 329. The summed E-state index contributed by atoms with van der Waals surface area (Å²) in [6.07, 6.45) is 6.66. The van der Waals surface area contributed by atoms with E-state index in [1.807, 2.05) is 0 Å². The van der Waals surface area contributed by atoms with Crippen molar-refractivity contribution in [1.82, 2.24) is 9.59 Å². The molecule has 0 bridgehead atoms. The van der Waals surface area contributed by atoms with Crippen LogP contribution in [0.5, 0.6) is 0 Å². The molecule has 1 aromatic heterocycles. The summed E-state index contributed by atoms with van der Waals surface area (Å²) in [4.78, 5) is 0.